The van der Waals surface area contributed by atoms with Gasteiger partial charge in [-0.25, -0.2) is 8.91 Å². The first-order valence-corrected chi connectivity index (χ1v) is 11.3. The molecule has 1 aromatic carbocycles. The van der Waals surface area contributed by atoms with Crippen LogP contribution in [0.15, 0.2) is 48.9 Å². The monoisotopic (exact) mass is 465 g/mol. The smallest absolute Gasteiger partial charge is 0.247 e. The third kappa shape index (κ3) is 5.09. The van der Waals surface area contributed by atoms with Gasteiger partial charge in [0.25, 0.3) is 0 Å². The highest BCUT2D eigenvalue weighted by Crippen LogP contribution is 2.27. The van der Waals surface area contributed by atoms with Crippen LogP contribution in [0, 0.1) is 5.82 Å². The van der Waals surface area contributed by atoms with E-state index in [-0.39, 0.29) is 5.82 Å². The Labute approximate surface area is 196 Å². The van der Waals surface area contributed by atoms with E-state index in [1.54, 1.807) is 47.7 Å². The molecule has 0 atom stereocenters. The lowest BCUT2D eigenvalue weighted by Crippen LogP contribution is -2.35. The topological polar surface area (TPSA) is 92.7 Å². The molecule has 1 fully saturated rings. The Morgan fingerprint density at radius 3 is 2.79 bits per heavy atom. The molecular weight excluding hydrogens is 437 g/mol. The number of pyridine rings is 1. The predicted octanol–water partition coefficient (Wildman–Crippen LogP) is 3.08. The normalized spacial score (nSPS) is 15.2. The first kappa shape index (κ1) is 22.5. The van der Waals surface area contributed by atoms with Crippen LogP contribution < -0.4 is 5.32 Å². The average Bonchev–Trinajstić information content (AvgIpc) is 3.40. The van der Waals surface area contributed by atoms with Gasteiger partial charge < -0.3 is 15.2 Å². The van der Waals surface area contributed by atoms with Crippen LogP contribution in [0.2, 0.25) is 0 Å². The lowest BCUT2D eigenvalue weighted by Gasteiger charge is -2.26. The van der Waals surface area contributed by atoms with Crippen molar-refractivity contribution in [3.63, 3.8) is 0 Å². The van der Waals surface area contributed by atoms with Gasteiger partial charge in [0.15, 0.2) is 5.65 Å². The largest absolute Gasteiger partial charge is 0.389 e. The van der Waals surface area contributed by atoms with E-state index in [0.717, 1.165) is 24.2 Å². The molecule has 1 aliphatic rings. The van der Waals surface area contributed by atoms with Crippen molar-refractivity contribution in [1.82, 2.24) is 29.3 Å². The quantitative estimate of drug-likeness (QED) is 0.433. The van der Waals surface area contributed by atoms with E-state index in [1.807, 2.05) is 24.3 Å². The van der Waals surface area contributed by atoms with Crippen molar-refractivity contribution < 1.29 is 14.2 Å². The van der Waals surface area contributed by atoms with Crippen molar-refractivity contribution in [2.75, 3.05) is 31.6 Å². The minimum Gasteiger partial charge on any atom is -0.389 e. The standard InChI is InChI=1S/C24H28FN7O2/c1-24(2,33)16-31-15-19(13-26-31)27-23-28-22-20(4-3-7-32(22)29-23)17-5-6-18(21(25)12-17)14-30-8-10-34-11-9-30/h3-7,12-13,15,33H,8-11,14,16H2,1-2H3,(H,27,29). The Morgan fingerprint density at radius 2 is 2.03 bits per heavy atom. The maximum atomic E-state index is 15.0. The number of morpholine rings is 1. The van der Waals surface area contributed by atoms with Gasteiger partial charge in [0.1, 0.15) is 5.82 Å². The molecule has 178 valence electrons. The summed E-state index contributed by atoms with van der Waals surface area (Å²) in [6.45, 7) is 7.38. The van der Waals surface area contributed by atoms with Gasteiger partial charge in [0.05, 0.1) is 37.2 Å². The summed E-state index contributed by atoms with van der Waals surface area (Å²) < 4.78 is 23.7. The molecule has 1 saturated heterocycles. The molecule has 0 radical (unpaired) electrons. The summed E-state index contributed by atoms with van der Waals surface area (Å²) in [5.41, 5.74) is 2.66. The van der Waals surface area contributed by atoms with Gasteiger partial charge in [-0.2, -0.15) is 10.1 Å². The zero-order valence-electron chi connectivity index (χ0n) is 19.3. The number of anilines is 2. The highest BCUT2D eigenvalue weighted by atomic mass is 19.1. The molecule has 0 bridgehead atoms. The lowest BCUT2D eigenvalue weighted by atomic mass is 10.0. The third-order valence-electron chi connectivity index (χ3n) is 5.66. The van der Waals surface area contributed by atoms with Crippen LogP contribution in [0.3, 0.4) is 0 Å². The fourth-order valence-electron chi connectivity index (χ4n) is 4.07. The van der Waals surface area contributed by atoms with Gasteiger partial charge in [-0.05, 0) is 37.6 Å². The number of ether oxygens (including phenoxy) is 1. The number of nitrogens with one attached hydrogen (secondary N) is 1. The number of nitrogens with zero attached hydrogens (tertiary/aromatic N) is 6. The number of halogens is 1. The van der Waals surface area contributed by atoms with Gasteiger partial charge in [0.2, 0.25) is 5.95 Å². The van der Waals surface area contributed by atoms with E-state index in [4.69, 9.17) is 4.74 Å². The minimum absolute atomic E-state index is 0.233. The average molecular weight is 466 g/mol. The van der Waals surface area contributed by atoms with Crippen LogP contribution in [0.5, 0.6) is 0 Å². The Hall–Kier alpha value is -3.34. The second-order valence-electron chi connectivity index (χ2n) is 9.18. The maximum Gasteiger partial charge on any atom is 0.247 e. The molecule has 5 rings (SSSR count). The molecule has 3 aromatic heterocycles. The fraction of sp³-hybridized carbons (Fsp3) is 0.375. The zero-order valence-corrected chi connectivity index (χ0v) is 19.3. The highest BCUT2D eigenvalue weighted by molar-refractivity contribution is 5.78. The number of aliphatic hydroxyl groups is 1. The van der Waals surface area contributed by atoms with Crippen molar-refractivity contribution in [1.29, 1.82) is 0 Å². The first-order valence-electron chi connectivity index (χ1n) is 11.3. The van der Waals surface area contributed by atoms with Gasteiger partial charge in [-0.15, -0.1) is 5.10 Å². The summed E-state index contributed by atoms with van der Waals surface area (Å²) >= 11 is 0. The van der Waals surface area contributed by atoms with Crippen molar-refractivity contribution in [2.24, 2.45) is 0 Å². The fourth-order valence-corrected chi connectivity index (χ4v) is 4.07. The van der Waals surface area contributed by atoms with Crippen LogP contribution in [0.25, 0.3) is 16.8 Å². The van der Waals surface area contributed by atoms with E-state index in [0.29, 0.717) is 49.1 Å². The summed E-state index contributed by atoms with van der Waals surface area (Å²) in [6.07, 6.45) is 5.24. The molecule has 10 heteroatoms. The Balaban J connectivity index is 1.37. The van der Waals surface area contributed by atoms with Gasteiger partial charge >= 0.3 is 0 Å². The van der Waals surface area contributed by atoms with E-state index in [9.17, 15) is 9.50 Å². The predicted molar refractivity (Wildman–Crippen MR) is 126 cm³/mol. The van der Waals surface area contributed by atoms with Crippen molar-refractivity contribution in [3.05, 3.63) is 60.3 Å². The SMILES string of the molecule is CC(C)(O)Cn1cc(Nc2nc3c(-c4ccc(CN5CCOCC5)c(F)c4)cccn3n2)cn1. The molecule has 0 unspecified atom stereocenters. The Kier molecular flexibility index (Phi) is 6.03. The number of hydrogen-bond donors (Lipinski definition) is 2. The van der Waals surface area contributed by atoms with Gasteiger partial charge in [0, 0.05) is 43.2 Å². The summed E-state index contributed by atoms with van der Waals surface area (Å²) in [6, 6.07) is 9.10. The van der Waals surface area contributed by atoms with E-state index < -0.39 is 5.60 Å². The molecule has 2 N–H and O–H groups in total. The summed E-state index contributed by atoms with van der Waals surface area (Å²) in [4.78, 5) is 6.82. The molecule has 0 saturated carbocycles. The number of aromatic nitrogens is 5. The van der Waals surface area contributed by atoms with Crippen LogP contribution >= 0.6 is 0 Å². The molecule has 34 heavy (non-hydrogen) atoms. The second kappa shape index (κ2) is 9.13. The van der Waals surface area contributed by atoms with Crippen LogP contribution in [0.4, 0.5) is 16.0 Å². The number of fused-ring (bicyclic) bond motifs is 1. The molecule has 0 aliphatic carbocycles. The molecular formula is C24H28FN7O2. The molecule has 9 nitrogen and oxygen atoms in total. The number of benzene rings is 1. The van der Waals surface area contributed by atoms with Crippen LogP contribution in [0.1, 0.15) is 19.4 Å². The second-order valence-corrected chi connectivity index (χ2v) is 9.18. The molecule has 4 aromatic rings. The molecule has 0 spiro atoms. The molecule has 1 aliphatic heterocycles. The van der Waals surface area contributed by atoms with Crippen molar-refractivity contribution >= 4 is 17.3 Å². The molecule has 4 heterocycles. The molecule has 0 amide bonds. The third-order valence-corrected chi connectivity index (χ3v) is 5.66. The van der Waals surface area contributed by atoms with E-state index in [2.05, 4.69) is 25.4 Å². The van der Waals surface area contributed by atoms with Gasteiger partial charge in [-0.3, -0.25) is 9.58 Å². The Bertz CT molecular complexity index is 1290. The summed E-state index contributed by atoms with van der Waals surface area (Å²) in [7, 11) is 0. The van der Waals surface area contributed by atoms with E-state index in [1.165, 1.54) is 0 Å². The van der Waals surface area contributed by atoms with Gasteiger partial charge in [-0.1, -0.05) is 12.1 Å². The van der Waals surface area contributed by atoms with Crippen LogP contribution in [-0.2, 0) is 17.8 Å². The summed E-state index contributed by atoms with van der Waals surface area (Å²) in [5, 5.41) is 21.9. The lowest BCUT2D eigenvalue weighted by molar-refractivity contribution is 0.0337. The minimum atomic E-state index is -0.869. The Morgan fingerprint density at radius 1 is 1.21 bits per heavy atom. The first-order chi connectivity index (χ1) is 16.3. The van der Waals surface area contributed by atoms with E-state index >= 15 is 0 Å². The maximum absolute atomic E-state index is 15.0. The van der Waals surface area contributed by atoms with Crippen molar-refractivity contribution in [2.45, 2.75) is 32.5 Å². The highest BCUT2D eigenvalue weighted by Gasteiger charge is 2.17. The number of hydrogen-bond acceptors (Lipinski definition) is 7. The summed E-state index contributed by atoms with van der Waals surface area (Å²) in [5.74, 6) is 0.169. The van der Waals surface area contributed by atoms with Crippen LogP contribution in [-0.4, -0.2) is 66.3 Å². The zero-order chi connectivity index (χ0) is 23.7. The van der Waals surface area contributed by atoms with Crippen molar-refractivity contribution in [3.8, 4) is 11.1 Å². The number of rotatable bonds is 7.